The summed E-state index contributed by atoms with van der Waals surface area (Å²) in [7, 11) is 0. The van der Waals surface area contributed by atoms with Crippen LogP contribution in [0.25, 0.3) is 12.2 Å². The summed E-state index contributed by atoms with van der Waals surface area (Å²) in [4.78, 5) is 0. The lowest BCUT2D eigenvalue weighted by atomic mass is 9.98. The summed E-state index contributed by atoms with van der Waals surface area (Å²) in [6, 6.07) is 19.1. The Morgan fingerprint density at radius 2 is 1.52 bits per heavy atom. The van der Waals surface area contributed by atoms with Crippen LogP contribution in [0.5, 0.6) is 0 Å². The highest BCUT2D eigenvalue weighted by Crippen LogP contribution is 2.16. The minimum absolute atomic E-state index is 0.526. The van der Waals surface area contributed by atoms with Crippen LogP contribution in [0.4, 0.5) is 0 Å². The van der Waals surface area contributed by atoms with Crippen molar-refractivity contribution in [2.24, 2.45) is 0 Å². The minimum Gasteiger partial charge on any atom is -0.390 e. The summed E-state index contributed by atoms with van der Waals surface area (Å²) in [5.74, 6) is 0. The maximum absolute atomic E-state index is 9.72. The van der Waals surface area contributed by atoms with Gasteiger partial charge in [0, 0.05) is 0 Å². The number of benzene rings is 2. The van der Waals surface area contributed by atoms with Crippen molar-refractivity contribution < 1.29 is 5.11 Å². The van der Waals surface area contributed by atoms with Crippen LogP contribution < -0.4 is 0 Å². The predicted molar refractivity (Wildman–Crippen MR) is 100 cm³/mol. The Morgan fingerprint density at radius 1 is 0.826 bits per heavy atom. The summed E-state index contributed by atoms with van der Waals surface area (Å²) in [5, 5.41) is 9.72. The second kappa shape index (κ2) is 8.69. The first-order valence-electron chi connectivity index (χ1n) is 8.57. The van der Waals surface area contributed by atoms with E-state index in [0.29, 0.717) is 0 Å². The van der Waals surface area contributed by atoms with Crippen LogP contribution in [0.1, 0.15) is 56.2 Å². The van der Waals surface area contributed by atoms with Gasteiger partial charge in [0.25, 0.3) is 0 Å². The molecule has 0 aliphatic rings. The molecule has 2 rings (SSSR count). The van der Waals surface area contributed by atoms with Crippen molar-refractivity contribution >= 4 is 12.2 Å². The second-order valence-electron chi connectivity index (χ2n) is 6.86. The lowest BCUT2D eigenvalue weighted by Crippen LogP contribution is -2.17. The Labute approximate surface area is 140 Å². The van der Waals surface area contributed by atoms with E-state index in [2.05, 4.69) is 60.7 Å². The van der Waals surface area contributed by atoms with E-state index < -0.39 is 5.60 Å². The molecule has 0 saturated carbocycles. The topological polar surface area (TPSA) is 20.2 Å². The summed E-state index contributed by atoms with van der Waals surface area (Å²) in [6.45, 7) is 3.77. The Bertz CT molecular complexity index is 605. The van der Waals surface area contributed by atoms with Gasteiger partial charge >= 0.3 is 0 Å². The van der Waals surface area contributed by atoms with Crippen molar-refractivity contribution in [1.29, 1.82) is 0 Å². The first-order chi connectivity index (χ1) is 11.0. The van der Waals surface area contributed by atoms with Crippen molar-refractivity contribution in [3.05, 3.63) is 71.3 Å². The zero-order valence-electron chi connectivity index (χ0n) is 14.3. The number of rotatable bonds is 8. The molecule has 0 aliphatic carbocycles. The quantitative estimate of drug-likeness (QED) is 0.487. The molecule has 1 heteroatoms. The standard InChI is InChI=1S/C22H28O/c1-22(2,23)17-8-4-7-12-20-13-9-14-21(18-20)16-15-19-10-5-3-6-11-19/h3,5-6,9-11,13-16,18,23H,4,7-8,12,17H2,1-2H3. The van der Waals surface area contributed by atoms with Gasteiger partial charge in [0.15, 0.2) is 0 Å². The normalized spacial score (nSPS) is 12.0. The highest BCUT2D eigenvalue weighted by molar-refractivity contribution is 5.69. The Balaban J connectivity index is 1.82. The molecule has 0 fully saturated rings. The van der Waals surface area contributed by atoms with E-state index in [9.17, 15) is 5.11 Å². The molecule has 0 saturated heterocycles. The first-order valence-corrected chi connectivity index (χ1v) is 8.57. The van der Waals surface area contributed by atoms with Gasteiger partial charge in [-0.25, -0.2) is 0 Å². The van der Waals surface area contributed by atoms with Crippen LogP contribution >= 0.6 is 0 Å². The van der Waals surface area contributed by atoms with Crippen LogP contribution in [0.2, 0.25) is 0 Å². The van der Waals surface area contributed by atoms with E-state index >= 15 is 0 Å². The highest BCUT2D eigenvalue weighted by Gasteiger charge is 2.10. The molecule has 0 spiro atoms. The first kappa shape index (κ1) is 17.5. The zero-order valence-corrected chi connectivity index (χ0v) is 14.3. The fraction of sp³-hybridized carbons (Fsp3) is 0.364. The third-order valence-corrected chi connectivity index (χ3v) is 3.97. The molecule has 0 heterocycles. The molecule has 0 aliphatic heterocycles. The van der Waals surface area contributed by atoms with Gasteiger partial charge in [0.2, 0.25) is 0 Å². The summed E-state index contributed by atoms with van der Waals surface area (Å²) >= 11 is 0. The molecule has 1 nitrogen and oxygen atoms in total. The SMILES string of the molecule is CC(C)(O)CCCCCc1cccc(C=Cc2ccccc2)c1. The molecule has 122 valence electrons. The van der Waals surface area contributed by atoms with Gasteiger partial charge in [-0.3, -0.25) is 0 Å². The monoisotopic (exact) mass is 308 g/mol. The van der Waals surface area contributed by atoms with Crippen LogP contribution in [0, 0.1) is 0 Å². The van der Waals surface area contributed by atoms with Crippen molar-refractivity contribution in [1.82, 2.24) is 0 Å². The molecular formula is C22H28O. The number of unbranched alkanes of at least 4 members (excludes halogenated alkanes) is 2. The maximum atomic E-state index is 9.72. The van der Waals surface area contributed by atoms with Crippen molar-refractivity contribution in [3.8, 4) is 0 Å². The minimum atomic E-state index is -0.526. The van der Waals surface area contributed by atoms with Gasteiger partial charge in [-0.15, -0.1) is 0 Å². The summed E-state index contributed by atoms with van der Waals surface area (Å²) in [5.41, 5.74) is 3.35. The molecule has 2 aromatic rings. The molecule has 2 aromatic carbocycles. The largest absolute Gasteiger partial charge is 0.390 e. The molecule has 0 atom stereocenters. The Hall–Kier alpha value is -1.86. The average Bonchev–Trinajstić information content (AvgIpc) is 2.53. The van der Waals surface area contributed by atoms with Crippen molar-refractivity contribution in [3.63, 3.8) is 0 Å². The van der Waals surface area contributed by atoms with Crippen LogP contribution in [-0.2, 0) is 6.42 Å². The number of aliphatic hydroxyl groups is 1. The smallest absolute Gasteiger partial charge is 0.0591 e. The van der Waals surface area contributed by atoms with Gasteiger partial charge in [-0.2, -0.15) is 0 Å². The predicted octanol–water partition coefficient (Wildman–Crippen LogP) is 5.73. The molecule has 1 N–H and O–H groups in total. The Kier molecular flexibility index (Phi) is 6.61. The van der Waals surface area contributed by atoms with Crippen molar-refractivity contribution in [2.45, 2.75) is 51.6 Å². The molecular weight excluding hydrogens is 280 g/mol. The zero-order chi connectivity index (χ0) is 16.5. The van der Waals surface area contributed by atoms with Gasteiger partial charge < -0.3 is 5.11 Å². The lowest BCUT2D eigenvalue weighted by molar-refractivity contribution is 0.0681. The molecule has 0 amide bonds. The number of hydrogen-bond acceptors (Lipinski definition) is 1. The fourth-order valence-electron chi connectivity index (χ4n) is 2.67. The molecule has 0 aromatic heterocycles. The van der Waals surface area contributed by atoms with E-state index in [1.165, 1.54) is 29.5 Å². The second-order valence-corrected chi connectivity index (χ2v) is 6.86. The molecule has 0 radical (unpaired) electrons. The average molecular weight is 308 g/mol. The fourth-order valence-corrected chi connectivity index (χ4v) is 2.67. The van der Waals surface area contributed by atoms with E-state index in [0.717, 1.165) is 19.3 Å². The third-order valence-electron chi connectivity index (χ3n) is 3.97. The lowest BCUT2D eigenvalue weighted by Gasteiger charge is -2.16. The molecule has 0 unspecified atom stereocenters. The molecule has 0 bridgehead atoms. The summed E-state index contributed by atoms with van der Waals surface area (Å²) in [6.07, 6.45) is 9.77. The number of hydrogen-bond donors (Lipinski definition) is 1. The van der Waals surface area contributed by atoms with Gasteiger partial charge in [0.1, 0.15) is 0 Å². The maximum Gasteiger partial charge on any atom is 0.0591 e. The van der Waals surface area contributed by atoms with Gasteiger partial charge in [0.05, 0.1) is 5.60 Å². The number of aryl methyl sites for hydroxylation is 1. The molecule has 23 heavy (non-hydrogen) atoms. The van der Waals surface area contributed by atoms with Crippen LogP contribution in [0.3, 0.4) is 0 Å². The van der Waals surface area contributed by atoms with Crippen LogP contribution in [-0.4, -0.2) is 10.7 Å². The van der Waals surface area contributed by atoms with Gasteiger partial charge in [-0.1, -0.05) is 79.6 Å². The van der Waals surface area contributed by atoms with E-state index in [1.54, 1.807) is 0 Å². The Morgan fingerprint density at radius 3 is 2.26 bits per heavy atom. The third kappa shape index (κ3) is 7.30. The van der Waals surface area contributed by atoms with E-state index in [4.69, 9.17) is 0 Å². The van der Waals surface area contributed by atoms with Gasteiger partial charge in [-0.05, 0) is 49.8 Å². The van der Waals surface area contributed by atoms with Crippen LogP contribution in [0.15, 0.2) is 54.6 Å². The highest BCUT2D eigenvalue weighted by atomic mass is 16.3. The van der Waals surface area contributed by atoms with E-state index in [1.807, 2.05) is 19.9 Å². The van der Waals surface area contributed by atoms with Crippen molar-refractivity contribution in [2.75, 3.05) is 0 Å². The summed E-state index contributed by atoms with van der Waals surface area (Å²) < 4.78 is 0. The van der Waals surface area contributed by atoms with E-state index in [-0.39, 0.29) is 0 Å².